The van der Waals surface area contributed by atoms with Crippen LogP contribution in [0.3, 0.4) is 0 Å². The average molecular weight is 184 g/mol. The van der Waals surface area contributed by atoms with E-state index in [1.807, 2.05) is 0 Å². The monoisotopic (exact) mass is 184 g/mol. The number of hydrogen-bond donors (Lipinski definition) is 0. The van der Waals surface area contributed by atoms with Crippen LogP contribution in [0.25, 0.3) is 0 Å². The van der Waals surface area contributed by atoms with Gasteiger partial charge in [0.2, 0.25) is 0 Å². The molecule has 0 nitrogen and oxygen atoms in total. The van der Waals surface area contributed by atoms with E-state index in [2.05, 4.69) is 27.7 Å². The third-order valence-electron chi connectivity index (χ3n) is 3.23. The van der Waals surface area contributed by atoms with Crippen LogP contribution in [0, 0.1) is 11.8 Å². The van der Waals surface area contributed by atoms with Gasteiger partial charge < -0.3 is 0 Å². The second-order valence-electron chi connectivity index (χ2n) is 4.59. The Morgan fingerprint density at radius 2 is 1.31 bits per heavy atom. The van der Waals surface area contributed by atoms with E-state index in [1.54, 1.807) is 0 Å². The topological polar surface area (TPSA) is 0 Å². The third kappa shape index (κ3) is 7.10. The maximum atomic E-state index is 2.42. The Morgan fingerprint density at radius 3 is 1.85 bits per heavy atom. The van der Waals surface area contributed by atoms with Crippen molar-refractivity contribution in [2.45, 2.75) is 72.6 Å². The molecule has 0 heteroatoms. The van der Waals surface area contributed by atoms with Crippen molar-refractivity contribution in [3.8, 4) is 0 Å². The Bertz CT molecular complexity index is 96.2. The predicted molar refractivity (Wildman–Crippen MR) is 62.0 cm³/mol. The maximum Gasteiger partial charge on any atom is -0.0417 e. The smallest absolute Gasteiger partial charge is 0.0417 e. The Hall–Kier alpha value is 0. The summed E-state index contributed by atoms with van der Waals surface area (Å²) in [6, 6.07) is 0. The lowest BCUT2D eigenvalue weighted by Crippen LogP contribution is -2.07. The standard InChI is InChI=1S/C13H28/c1-5-7-8-9-11-13(4)12(3)10-6-2/h12-13H,5-11H2,1-4H3. The van der Waals surface area contributed by atoms with E-state index in [0.29, 0.717) is 0 Å². The highest BCUT2D eigenvalue weighted by molar-refractivity contribution is 4.61. The number of unbranched alkanes of at least 4 members (excludes halogenated alkanes) is 3. The van der Waals surface area contributed by atoms with Crippen LogP contribution < -0.4 is 0 Å². The molecule has 0 rings (SSSR count). The molecule has 0 saturated carbocycles. The predicted octanol–water partition coefficient (Wildman–Crippen LogP) is 5.03. The Labute approximate surface area is 85.1 Å². The molecule has 0 aromatic carbocycles. The Morgan fingerprint density at radius 1 is 0.692 bits per heavy atom. The van der Waals surface area contributed by atoms with Crippen molar-refractivity contribution in [1.29, 1.82) is 0 Å². The lowest BCUT2D eigenvalue weighted by atomic mass is 9.88. The molecule has 13 heavy (non-hydrogen) atoms. The van der Waals surface area contributed by atoms with Crippen LogP contribution in [0.4, 0.5) is 0 Å². The molecular formula is C13H28. The van der Waals surface area contributed by atoms with Crippen molar-refractivity contribution in [2.24, 2.45) is 11.8 Å². The largest absolute Gasteiger partial charge is 0.0654 e. The van der Waals surface area contributed by atoms with Crippen LogP contribution >= 0.6 is 0 Å². The Balaban J connectivity index is 3.32. The minimum Gasteiger partial charge on any atom is -0.0654 e. The van der Waals surface area contributed by atoms with Gasteiger partial charge in [0.15, 0.2) is 0 Å². The molecule has 0 N–H and O–H groups in total. The summed E-state index contributed by atoms with van der Waals surface area (Å²) in [6.07, 6.45) is 9.88. The third-order valence-corrected chi connectivity index (χ3v) is 3.23. The van der Waals surface area contributed by atoms with E-state index in [-0.39, 0.29) is 0 Å². The van der Waals surface area contributed by atoms with E-state index in [4.69, 9.17) is 0 Å². The first kappa shape index (κ1) is 13.0. The molecule has 0 heterocycles. The van der Waals surface area contributed by atoms with E-state index < -0.39 is 0 Å². The fourth-order valence-electron chi connectivity index (χ4n) is 1.92. The van der Waals surface area contributed by atoms with Crippen LogP contribution in [-0.4, -0.2) is 0 Å². The van der Waals surface area contributed by atoms with Crippen LogP contribution in [0.5, 0.6) is 0 Å². The molecular weight excluding hydrogens is 156 g/mol. The molecule has 0 fully saturated rings. The summed E-state index contributed by atoms with van der Waals surface area (Å²) < 4.78 is 0. The SMILES string of the molecule is CCCCCCC(C)C(C)CCC. The molecule has 0 amide bonds. The summed E-state index contributed by atoms with van der Waals surface area (Å²) in [7, 11) is 0. The molecule has 80 valence electrons. The summed E-state index contributed by atoms with van der Waals surface area (Å²) in [6.45, 7) is 9.41. The van der Waals surface area contributed by atoms with E-state index >= 15 is 0 Å². The quantitative estimate of drug-likeness (QED) is 0.464. The molecule has 2 atom stereocenters. The molecule has 0 saturated heterocycles. The zero-order valence-electron chi connectivity index (χ0n) is 10.1. The molecule has 0 aliphatic rings. The zero-order valence-corrected chi connectivity index (χ0v) is 10.1. The molecule has 0 spiro atoms. The zero-order chi connectivity index (χ0) is 10.1. The van der Waals surface area contributed by atoms with Crippen molar-refractivity contribution in [3.05, 3.63) is 0 Å². The van der Waals surface area contributed by atoms with Crippen LogP contribution in [0.2, 0.25) is 0 Å². The first-order chi connectivity index (χ1) is 6.22. The maximum absolute atomic E-state index is 2.42. The number of rotatable bonds is 8. The van der Waals surface area contributed by atoms with Gasteiger partial charge in [-0.1, -0.05) is 72.6 Å². The van der Waals surface area contributed by atoms with Crippen molar-refractivity contribution in [3.63, 3.8) is 0 Å². The molecule has 0 aliphatic heterocycles. The number of hydrogen-bond acceptors (Lipinski definition) is 0. The van der Waals surface area contributed by atoms with Gasteiger partial charge in [-0.3, -0.25) is 0 Å². The summed E-state index contributed by atoms with van der Waals surface area (Å²) in [5, 5.41) is 0. The van der Waals surface area contributed by atoms with Crippen molar-refractivity contribution in [1.82, 2.24) is 0 Å². The van der Waals surface area contributed by atoms with E-state index in [9.17, 15) is 0 Å². The lowest BCUT2D eigenvalue weighted by molar-refractivity contribution is 0.330. The van der Waals surface area contributed by atoms with Crippen LogP contribution in [-0.2, 0) is 0 Å². The molecule has 0 bridgehead atoms. The lowest BCUT2D eigenvalue weighted by Gasteiger charge is -2.18. The van der Waals surface area contributed by atoms with Crippen molar-refractivity contribution >= 4 is 0 Å². The highest BCUT2D eigenvalue weighted by Crippen LogP contribution is 2.22. The summed E-state index contributed by atoms with van der Waals surface area (Å²) in [4.78, 5) is 0. The highest BCUT2D eigenvalue weighted by atomic mass is 14.2. The first-order valence-corrected chi connectivity index (χ1v) is 6.22. The van der Waals surface area contributed by atoms with Gasteiger partial charge >= 0.3 is 0 Å². The fourth-order valence-corrected chi connectivity index (χ4v) is 1.92. The normalized spacial score (nSPS) is 15.7. The van der Waals surface area contributed by atoms with Crippen molar-refractivity contribution < 1.29 is 0 Å². The molecule has 0 aromatic heterocycles. The Kier molecular flexibility index (Phi) is 8.59. The minimum absolute atomic E-state index is 0.937. The second kappa shape index (κ2) is 8.59. The van der Waals surface area contributed by atoms with Gasteiger partial charge in [0.25, 0.3) is 0 Å². The van der Waals surface area contributed by atoms with Gasteiger partial charge in [-0.05, 0) is 11.8 Å². The molecule has 0 radical (unpaired) electrons. The summed E-state index contributed by atoms with van der Waals surface area (Å²) in [5.74, 6) is 1.88. The van der Waals surface area contributed by atoms with Gasteiger partial charge in [-0.2, -0.15) is 0 Å². The fraction of sp³-hybridized carbons (Fsp3) is 1.00. The second-order valence-corrected chi connectivity index (χ2v) is 4.59. The molecule has 0 aromatic rings. The average Bonchev–Trinajstić information content (AvgIpc) is 2.12. The van der Waals surface area contributed by atoms with Gasteiger partial charge in [-0.25, -0.2) is 0 Å². The van der Waals surface area contributed by atoms with Gasteiger partial charge in [0, 0.05) is 0 Å². The van der Waals surface area contributed by atoms with Gasteiger partial charge in [-0.15, -0.1) is 0 Å². The van der Waals surface area contributed by atoms with Crippen molar-refractivity contribution in [2.75, 3.05) is 0 Å². The van der Waals surface area contributed by atoms with E-state index in [0.717, 1.165) is 11.8 Å². The minimum atomic E-state index is 0.937. The van der Waals surface area contributed by atoms with E-state index in [1.165, 1.54) is 44.9 Å². The van der Waals surface area contributed by atoms with Gasteiger partial charge in [0.1, 0.15) is 0 Å². The van der Waals surface area contributed by atoms with Crippen LogP contribution in [0.1, 0.15) is 72.6 Å². The molecule has 2 unspecified atom stereocenters. The first-order valence-electron chi connectivity index (χ1n) is 6.22. The van der Waals surface area contributed by atoms with Crippen LogP contribution in [0.15, 0.2) is 0 Å². The molecule has 0 aliphatic carbocycles. The summed E-state index contributed by atoms with van der Waals surface area (Å²) >= 11 is 0. The highest BCUT2D eigenvalue weighted by Gasteiger charge is 2.10. The summed E-state index contributed by atoms with van der Waals surface area (Å²) in [5.41, 5.74) is 0. The van der Waals surface area contributed by atoms with Gasteiger partial charge in [0.05, 0.1) is 0 Å².